The molecule has 1 atom stereocenters. The average molecular weight is 179 g/mol. The molecule has 72 valence electrons. The first-order valence-corrected chi connectivity index (χ1v) is 5.08. The molecular weight excluding hydrogens is 162 g/mol. The summed E-state index contributed by atoms with van der Waals surface area (Å²) in [5.41, 5.74) is 1.30. The standard InChI is InChI=1S/C10H17N3/c1-2-9-3-4-13(7-9)8-10-5-11-12-6-10/h5-6,9H,2-4,7-8H2,1H3,(H,11,12). The molecular formula is C10H17N3. The van der Waals surface area contributed by atoms with Gasteiger partial charge in [-0.3, -0.25) is 10.00 Å². The molecule has 1 aromatic rings. The van der Waals surface area contributed by atoms with Crippen molar-refractivity contribution in [3.8, 4) is 0 Å². The molecule has 0 saturated carbocycles. The zero-order valence-electron chi connectivity index (χ0n) is 8.16. The first kappa shape index (κ1) is 8.75. The van der Waals surface area contributed by atoms with E-state index in [9.17, 15) is 0 Å². The highest BCUT2D eigenvalue weighted by Gasteiger charge is 2.20. The summed E-state index contributed by atoms with van der Waals surface area (Å²) in [5, 5.41) is 6.80. The van der Waals surface area contributed by atoms with E-state index in [2.05, 4.69) is 22.0 Å². The molecule has 1 N–H and O–H groups in total. The van der Waals surface area contributed by atoms with Gasteiger partial charge in [-0.25, -0.2) is 0 Å². The van der Waals surface area contributed by atoms with E-state index in [4.69, 9.17) is 0 Å². The minimum absolute atomic E-state index is 0.923. The van der Waals surface area contributed by atoms with Gasteiger partial charge in [0.15, 0.2) is 0 Å². The molecule has 1 saturated heterocycles. The number of rotatable bonds is 3. The third-order valence-corrected chi connectivity index (χ3v) is 2.91. The minimum Gasteiger partial charge on any atom is -0.299 e. The van der Waals surface area contributed by atoms with E-state index in [-0.39, 0.29) is 0 Å². The number of H-pyrrole nitrogens is 1. The molecule has 2 rings (SSSR count). The highest BCUT2D eigenvalue weighted by Crippen LogP contribution is 2.20. The third kappa shape index (κ3) is 2.10. The summed E-state index contributed by atoms with van der Waals surface area (Å²) < 4.78 is 0. The Bertz CT molecular complexity index is 243. The van der Waals surface area contributed by atoms with Gasteiger partial charge in [0.05, 0.1) is 6.20 Å². The van der Waals surface area contributed by atoms with Crippen LogP contribution >= 0.6 is 0 Å². The molecule has 3 heteroatoms. The van der Waals surface area contributed by atoms with E-state index < -0.39 is 0 Å². The molecule has 0 aromatic carbocycles. The number of nitrogens with one attached hydrogen (secondary N) is 1. The van der Waals surface area contributed by atoms with E-state index in [0.29, 0.717) is 0 Å². The van der Waals surface area contributed by atoms with Crippen LogP contribution in [0, 0.1) is 5.92 Å². The zero-order chi connectivity index (χ0) is 9.10. The van der Waals surface area contributed by atoms with E-state index in [1.165, 1.54) is 31.5 Å². The van der Waals surface area contributed by atoms with E-state index >= 15 is 0 Å². The highest BCUT2D eigenvalue weighted by molar-refractivity contribution is 5.02. The van der Waals surface area contributed by atoms with Gasteiger partial charge in [-0.05, 0) is 18.9 Å². The summed E-state index contributed by atoms with van der Waals surface area (Å²) in [6.45, 7) is 5.87. The van der Waals surface area contributed by atoms with Crippen molar-refractivity contribution in [1.29, 1.82) is 0 Å². The predicted molar refractivity (Wildman–Crippen MR) is 52.3 cm³/mol. The van der Waals surface area contributed by atoms with Gasteiger partial charge in [-0.2, -0.15) is 5.10 Å². The van der Waals surface area contributed by atoms with Crippen LogP contribution in [0.15, 0.2) is 12.4 Å². The largest absolute Gasteiger partial charge is 0.299 e. The molecule has 0 radical (unpaired) electrons. The second-order valence-corrected chi connectivity index (χ2v) is 3.90. The molecule has 3 nitrogen and oxygen atoms in total. The molecule has 0 aliphatic carbocycles. The fourth-order valence-electron chi connectivity index (χ4n) is 2.01. The fourth-order valence-corrected chi connectivity index (χ4v) is 2.01. The van der Waals surface area contributed by atoms with E-state index in [1.54, 1.807) is 0 Å². The number of nitrogens with zero attached hydrogens (tertiary/aromatic N) is 2. The van der Waals surface area contributed by atoms with Crippen molar-refractivity contribution in [2.45, 2.75) is 26.3 Å². The molecule has 1 aromatic heterocycles. The summed E-state index contributed by atoms with van der Waals surface area (Å²) in [6.07, 6.45) is 6.59. The summed E-state index contributed by atoms with van der Waals surface area (Å²) in [7, 11) is 0. The van der Waals surface area contributed by atoms with Crippen molar-refractivity contribution in [3.63, 3.8) is 0 Å². The summed E-state index contributed by atoms with van der Waals surface area (Å²) in [4.78, 5) is 2.51. The lowest BCUT2D eigenvalue weighted by molar-refractivity contribution is 0.315. The number of likely N-dealkylation sites (tertiary alicyclic amines) is 1. The molecule has 1 aliphatic heterocycles. The van der Waals surface area contributed by atoms with Crippen molar-refractivity contribution in [3.05, 3.63) is 18.0 Å². The Morgan fingerprint density at radius 3 is 3.23 bits per heavy atom. The number of aromatic nitrogens is 2. The lowest BCUT2D eigenvalue weighted by Gasteiger charge is -2.13. The van der Waals surface area contributed by atoms with Crippen LogP contribution in [0.1, 0.15) is 25.3 Å². The summed E-state index contributed by atoms with van der Waals surface area (Å²) >= 11 is 0. The Kier molecular flexibility index (Phi) is 2.64. The molecule has 1 fully saturated rings. The maximum absolute atomic E-state index is 3.95. The van der Waals surface area contributed by atoms with Crippen molar-refractivity contribution in [2.75, 3.05) is 13.1 Å². The summed E-state index contributed by atoms with van der Waals surface area (Å²) in [5.74, 6) is 0.923. The Morgan fingerprint density at radius 2 is 2.62 bits per heavy atom. The first-order chi connectivity index (χ1) is 6.38. The maximum atomic E-state index is 3.95. The molecule has 2 heterocycles. The second kappa shape index (κ2) is 3.92. The monoisotopic (exact) mass is 179 g/mol. The van der Waals surface area contributed by atoms with Crippen LogP contribution in [-0.2, 0) is 6.54 Å². The van der Waals surface area contributed by atoms with Crippen LogP contribution in [0.4, 0.5) is 0 Å². The van der Waals surface area contributed by atoms with E-state index in [0.717, 1.165) is 12.5 Å². The molecule has 0 spiro atoms. The van der Waals surface area contributed by atoms with Crippen molar-refractivity contribution >= 4 is 0 Å². The third-order valence-electron chi connectivity index (χ3n) is 2.91. The van der Waals surface area contributed by atoms with Gasteiger partial charge in [-0.15, -0.1) is 0 Å². The van der Waals surface area contributed by atoms with Gasteiger partial charge in [0.2, 0.25) is 0 Å². The SMILES string of the molecule is CCC1CCN(Cc2cn[nH]c2)C1. The fraction of sp³-hybridized carbons (Fsp3) is 0.700. The van der Waals surface area contributed by atoms with E-state index in [1.807, 2.05) is 12.4 Å². The molecule has 1 aliphatic rings. The normalized spacial score (nSPS) is 23.9. The number of aromatic amines is 1. The highest BCUT2D eigenvalue weighted by atomic mass is 15.2. The van der Waals surface area contributed by atoms with Gasteiger partial charge in [0.25, 0.3) is 0 Å². The number of hydrogen-bond donors (Lipinski definition) is 1. The topological polar surface area (TPSA) is 31.9 Å². The molecule has 0 amide bonds. The quantitative estimate of drug-likeness (QED) is 0.765. The van der Waals surface area contributed by atoms with Gasteiger partial charge >= 0.3 is 0 Å². The zero-order valence-corrected chi connectivity index (χ0v) is 8.16. The van der Waals surface area contributed by atoms with Crippen LogP contribution < -0.4 is 0 Å². The lowest BCUT2D eigenvalue weighted by atomic mass is 10.1. The molecule has 1 unspecified atom stereocenters. The average Bonchev–Trinajstić information content (AvgIpc) is 2.76. The van der Waals surface area contributed by atoms with Gasteiger partial charge < -0.3 is 0 Å². The van der Waals surface area contributed by atoms with Crippen LogP contribution in [0.2, 0.25) is 0 Å². The second-order valence-electron chi connectivity index (χ2n) is 3.90. The van der Waals surface area contributed by atoms with Crippen LogP contribution in [0.25, 0.3) is 0 Å². The smallest absolute Gasteiger partial charge is 0.0532 e. The minimum atomic E-state index is 0.923. The van der Waals surface area contributed by atoms with Crippen LogP contribution in [0.3, 0.4) is 0 Å². The van der Waals surface area contributed by atoms with Gasteiger partial charge in [0, 0.05) is 24.8 Å². The maximum Gasteiger partial charge on any atom is 0.0532 e. The van der Waals surface area contributed by atoms with Crippen LogP contribution in [-0.4, -0.2) is 28.2 Å². The van der Waals surface area contributed by atoms with Crippen LogP contribution in [0.5, 0.6) is 0 Å². The van der Waals surface area contributed by atoms with Gasteiger partial charge in [0.1, 0.15) is 0 Å². The Hall–Kier alpha value is -0.830. The van der Waals surface area contributed by atoms with Crippen molar-refractivity contribution in [2.24, 2.45) is 5.92 Å². The predicted octanol–water partition coefficient (Wildman–Crippen LogP) is 1.64. The molecule has 0 bridgehead atoms. The number of hydrogen-bond acceptors (Lipinski definition) is 2. The summed E-state index contributed by atoms with van der Waals surface area (Å²) in [6, 6.07) is 0. The van der Waals surface area contributed by atoms with Gasteiger partial charge in [-0.1, -0.05) is 13.3 Å². The lowest BCUT2D eigenvalue weighted by Crippen LogP contribution is -2.19. The molecule has 13 heavy (non-hydrogen) atoms. The Labute approximate surface area is 79.1 Å². The Morgan fingerprint density at radius 1 is 1.69 bits per heavy atom. The van der Waals surface area contributed by atoms with Crippen molar-refractivity contribution < 1.29 is 0 Å². The van der Waals surface area contributed by atoms with Crippen molar-refractivity contribution in [1.82, 2.24) is 15.1 Å². The first-order valence-electron chi connectivity index (χ1n) is 5.08. The Balaban J connectivity index is 1.84.